The number of nitrogens with two attached hydrogens (primary N) is 1. The number of hydrogen-bond acceptors (Lipinski definition) is 4. The summed E-state index contributed by atoms with van der Waals surface area (Å²) in [6.45, 7) is 6.39. The van der Waals surface area contributed by atoms with E-state index in [1.165, 1.54) is 43.5 Å². The van der Waals surface area contributed by atoms with Gasteiger partial charge in [-0.15, -0.1) is 0 Å². The van der Waals surface area contributed by atoms with Crippen LogP contribution in [0.1, 0.15) is 51.0 Å². The molecule has 2 aromatic rings. The van der Waals surface area contributed by atoms with Crippen molar-refractivity contribution in [3.63, 3.8) is 0 Å². The number of anilines is 1. The summed E-state index contributed by atoms with van der Waals surface area (Å²) in [7, 11) is 0. The number of nitrogens with zero attached hydrogens (tertiary/aromatic N) is 2. The van der Waals surface area contributed by atoms with Gasteiger partial charge in [0.1, 0.15) is 0 Å². The number of fused-ring (bicyclic) bond motifs is 1. The van der Waals surface area contributed by atoms with E-state index >= 15 is 0 Å². The lowest BCUT2D eigenvalue weighted by Gasteiger charge is -2.27. The molecule has 6 heteroatoms. The van der Waals surface area contributed by atoms with Crippen molar-refractivity contribution in [2.75, 3.05) is 32.0 Å². The van der Waals surface area contributed by atoms with Gasteiger partial charge in [0.15, 0.2) is 11.0 Å². The van der Waals surface area contributed by atoms with Gasteiger partial charge in [-0.2, -0.15) is 0 Å². The zero-order chi connectivity index (χ0) is 20.1. The Morgan fingerprint density at radius 3 is 2.93 bits per heavy atom. The zero-order valence-corrected chi connectivity index (χ0v) is 17.5. The minimum atomic E-state index is 0.496. The van der Waals surface area contributed by atoms with Crippen LogP contribution in [-0.4, -0.2) is 41.1 Å². The molecular formula is C23H34N5O+. The molecule has 156 valence electrons. The average Bonchev–Trinajstić information content (AvgIpc) is 3.14. The number of nitrogen functional groups attached to an aromatic ring is 1. The van der Waals surface area contributed by atoms with Crippen LogP contribution in [0.4, 0.5) is 5.82 Å². The largest absolute Gasteiger partial charge is 0.441 e. The molecule has 4 rings (SSSR count). The molecule has 3 heterocycles. The average molecular weight is 397 g/mol. The number of unbranched alkanes of at least 4 members (excludes halogenated alkanes) is 1. The number of aromatic nitrogens is 3. The molecule has 1 fully saturated rings. The summed E-state index contributed by atoms with van der Waals surface area (Å²) in [6, 6.07) is 0.507. The van der Waals surface area contributed by atoms with Crippen molar-refractivity contribution in [3.05, 3.63) is 35.6 Å². The second-order valence-corrected chi connectivity index (χ2v) is 8.37. The van der Waals surface area contributed by atoms with Crippen LogP contribution in [-0.2, 0) is 6.42 Å². The van der Waals surface area contributed by atoms with Crippen LogP contribution < -0.4 is 15.5 Å². The summed E-state index contributed by atoms with van der Waals surface area (Å²) in [4.78, 5) is 13.6. The van der Waals surface area contributed by atoms with Crippen molar-refractivity contribution >= 4 is 16.9 Å². The minimum absolute atomic E-state index is 0.496. The Balaban J connectivity index is 1.40. The predicted molar refractivity (Wildman–Crippen MR) is 117 cm³/mol. The molecule has 1 saturated heterocycles. The van der Waals surface area contributed by atoms with E-state index in [9.17, 15) is 0 Å². The second kappa shape index (κ2) is 9.44. The van der Waals surface area contributed by atoms with Gasteiger partial charge in [0.05, 0.1) is 6.61 Å². The van der Waals surface area contributed by atoms with Gasteiger partial charge >= 0.3 is 6.01 Å². The summed E-state index contributed by atoms with van der Waals surface area (Å²) in [5.74, 6) is 1.08. The van der Waals surface area contributed by atoms with E-state index in [0.717, 1.165) is 43.3 Å². The lowest BCUT2D eigenvalue weighted by Crippen LogP contribution is -2.31. The maximum Gasteiger partial charge on any atom is 0.432 e. The van der Waals surface area contributed by atoms with E-state index in [4.69, 9.17) is 15.5 Å². The van der Waals surface area contributed by atoms with E-state index in [0.29, 0.717) is 24.4 Å². The molecular weight excluding hydrogens is 362 g/mol. The van der Waals surface area contributed by atoms with Crippen LogP contribution in [0.25, 0.3) is 11.0 Å². The first-order chi connectivity index (χ1) is 14.2. The molecule has 1 aliphatic carbocycles. The normalized spacial score (nSPS) is 20.2. The molecule has 29 heavy (non-hydrogen) atoms. The summed E-state index contributed by atoms with van der Waals surface area (Å²) in [6.07, 6.45) is 17.4. The fraction of sp³-hybridized carbons (Fsp3) is 0.565. The van der Waals surface area contributed by atoms with E-state index in [1.807, 2.05) is 6.20 Å². The van der Waals surface area contributed by atoms with Crippen LogP contribution in [0.2, 0.25) is 0 Å². The highest BCUT2D eigenvalue weighted by Gasteiger charge is 2.20. The van der Waals surface area contributed by atoms with Crippen molar-refractivity contribution < 1.29 is 9.72 Å². The molecule has 4 N–H and O–H groups in total. The van der Waals surface area contributed by atoms with Gasteiger partial charge in [-0.05, 0) is 56.7 Å². The Labute approximate surface area is 173 Å². The molecule has 1 aliphatic heterocycles. The van der Waals surface area contributed by atoms with Crippen molar-refractivity contribution in [1.82, 2.24) is 14.9 Å². The van der Waals surface area contributed by atoms with Gasteiger partial charge in [0.25, 0.3) is 0 Å². The molecule has 0 aromatic carbocycles. The number of rotatable bonds is 8. The molecule has 1 atom stereocenters. The number of H-pyrrole nitrogens is 2. The molecule has 6 nitrogen and oxygen atoms in total. The zero-order valence-electron chi connectivity index (χ0n) is 17.5. The number of allylic oxidation sites excluding steroid dienone is 2. The third-order valence-corrected chi connectivity index (χ3v) is 5.99. The molecule has 0 amide bonds. The standard InChI is InChI=1S/C23H33N5O/c1-2-3-13-29-23-26-20-19(15-25-21(20)22(24)27-23)14-17-7-9-18(10-8-17)16-28-11-5-4-6-12-28/h7,9-10,15,17,25H,2-6,8,11-14,16H2,1H3,(H2,24,26,27)/p+1. The van der Waals surface area contributed by atoms with E-state index in [1.54, 1.807) is 0 Å². The van der Waals surface area contributed by atoms with Gasteiger partial charge in [-0.3, -0.25) is 4.90 Å². The third kappa shape index (κ3) is 4.99. The van der Waals surface area contributed by atoms with Gasteiger partial charge in [0.2, 0.25) is 5.82 Å². The number of ether oxygens (including phenoxy) is 1. The first-order valence-electron chi connectivity index (χ1n) is 11.1. The van der Waals surface area contributed by atoms with Gasteiger partial charge < -0.3 is 15.5 Å². The Morgan fingerprint density at radius 1 is 1.31 bits per heavy atom. The van der Waals surface area contributed by atoms with Gasteiger partial charge in [-0.25, -0.2) is 4.98 Å². The number of piperidine rings is 1. The molecule has 2 aliphatic rings. The lowest BCUT2D eigenvalue weighted by molar-refractivity contribution is -0.381. The highest BCUT2D eigenvalue weighted by Crippen LogP contribution is 2.27. The van der Waals surface area contributed by atoms with Crippen molar-refractivity contribution in [3.8, 4) is 6.01 Å². The van der Waals surface area contributed by atoms with Crippen LogP contribution in [0.5, 0.6) is 6.01 Å². The maximum atomic E-state index is 6.18. The molecule has 0 radical (unpaired) electrons. The Kier molecular flexibility index (Phi) is 6.49. The number of likely N-dealkylation sites (tertiary alicyclic amines) is 1. The molecule has 0 bridgehead atoms. The number of nitrogens with one attached hydrogen (secondary N) is 2. The minimum Gasteiger partial charge on any atom is -0.441 e. The summed E-state index contributed by atoms with van der Waals surface area (Å²) >= 11 is 0. The predicted octanol–water partition coefficient (Wildman–Crippen LogP) is 3.67. The van der Waals surface area contributed by atoms with Crippen LogP contribution in [0.15, 0.2) is 30.0 Å². The summed E-state index contributed by atoms with van der Waals surface area (Å²) in [5.41, 5.74) is 10.6. The topological polar surface area (TPSA) is 81.3 Å². The Morgan fingerprint density at radius 2 is 2.17 bits per heavy atom. The first kappa shape index (κ1) is 20.0. The van der Waals surface area contributed by atoms with Crippen molar-refractivity contribution in [1.29, 1.82) is 0 Å². The van der Waals surface area contributed by atoms with Crippen LogP contribution in [0.3, 0.4) is 0 Å². The molecule has 0 saturated carbocycles. The molecule has 0 spiro atoms. The fourth-order valence-corrected chi connectivity index (χ4v) is 4.27. The molecule has 2 aromatic heterocycles. The summed E-state index contributed by atoms with van der Waals surface area (Å²) < 4.78 is 5.75. The molecule has 1 unspecified atom stereocenters. The monoisotopic (exact) mass is 396 g/mol. The first-order valence-corrected chi connectivity index (χ1v) is 11.1. The van der Waals surface area contributed by atoms with E-state index in [-0.39, 0.29) is 0 Å². The summed E-state index contributed by atoms with van der Waals surface area (Å²) in [5, 5.41) is 0. The van der Waals surface area contributed by atoms with Gasteiger partial charge in [0, 0.05) is 18.3 Å². The third-order valence-electron chi connectivity index (χ3n) is 5.99. The van der Waals surface area contributed by atoms with Gasteiger partial charge in [-0.1, -0.05) is 43.0 Å². The SMILES string of the molecule is CCCCOc1nc2c(CC3C=CC(CN4CCCCC4)=CC3)c[nH]c2c(N)[nH+]1. The second-order valence-electron chi connectivity index (χ2n) is 8.37. The Hall–Kier alpha value is -2.34. The van der Waals surface area contributed by atoms with Crippen LogP contribution in [0, 0.1) is 5.92 Å². The van der Waals surface area contributed by atoms with Crippen molar-refractivity contribution in [2.24, 2.45) is 5.92 Å². The maximum absolute atomic E-state index is 6.18. The number of aromatic amines is 2. The number of hydrogen-bond donors (Lipinski definition) is 2. The highest BCUT2D eigenvalue weighted by atomic mass is 16.5. The highest BCUT2D eigenvalue weighted by molar-refractivity contribution is 5.86. The smallest absolute Gasteiger partial charge is 0.432 e. The fourth-order valence-electron chi connectivity index (χ4n) is 4.27. The Bertz CT molecular complexity index is 879. The van der Waals surface area contributed by atoms with Crippen LogP contribution >= 0.6 is 0 Å². The lowest BCUT2D eigenvalue weighted by atomic mass is 9.91. The van der Waals surface area contributed by atoms with E-state index in [2.05, 4.69) is 40.0 Å². The quantitative estimate of drug-likeness (QED) is 0.667. The van der Waals surface area contributed by atoms with Crippen molar-refractivity contribution in [2.45, 2.75) is 51.9 Å². The van der Waals surface area contributed by atoms with E-state index < -0.39 is 0 Å².